The maximum absolute atomic E-state index is 13.6. The summed E-state index contributed by atoms with van der Waals surface area (Å²) in [6.45, 7) is 4.28. The van der Waals surface area contributed by atoms with Crippen LogP contribution >= 0.6 is 0 Å². The number of fused-ring (bicyclic) bond motifs is 2. The molecule has 3 aromatic rings. The minimum Gasteiger partial charge on any atom is -0.489 e. The fraction of sp³-hybridized carbons (Fsp3) is 0.280. The van der Waals surface area contributed by atoms with Crippen molar-refractivity contribution in [2.45, 2.75) is 32.5 Å². The van der Waals surface area contributed by atoms with E-state index < -0.39 is 12.1 Å². The van der Waals surface area contributed by atoms with Crippen LogP contribution in [0.5, 0.6) is 5.75 Å². The van der Waals surface area contributed by atoms with Crippen LogP contribution in [0.2, 0.25) is 0 Å². The number of carbonyl (C=O) groups excluding carboxylic acids is 2. The second kappa shape index (κ2) is 8.78. The fourth-order valence-electron chi connectivity index (χ4n) is 3.86. The zero-order valence-electron chi connectivity index (χ0n) is 18.0. The van der Waals surface area contributed by atoms with Crippen LogP contribution in [0.15, 0.2) is 60.7 Å². The fourth-order valence-corrected chi connectivity index (χ4v) is 3.86. The average molecular weight is 418 g/mol. The highest BCUT2D eigenvalue weighted by molar-refractivity contribution is 6.02. The molecule has 4 rings (SSSR count). The van der Waals surface area contributed by atoms with Crippen LogP contribution in [0.25, 0.3) is 10.8 Å². The van der Waals surface area contributed by atoms with Crippen LogP contribution < -0.4 is 20.3 Å². The van der Waals surface area contributed by atoms with E-state index in [0.29, 0.717) is 18.0 Å². The number of likely N-dealkylation sites (N-methyl/N-ethyl adjacent to an activating group) is 1. The lowest BCUT2D eigenvalue weighted by atomic mass is 9.99. The number of anilines is 1. The molecule has 0 fully saturated rings. The summed E-state index contributed by atoms with van der Waals surface area (Å²) in [6, 6.07) is 18.7. The monoisotopic (exact) mass is 417 g/mol. The van der Waals surface area contributed by atoms with E-state index in [4.69, 9.17) is 4.74 Å². The van der Waals surface area contributed by atoms with Gasteiger partial charge in [-0.3, -0.25) is 9.59 Å². The standard InChI is InChI=1S/C25H27N3O3/c1-16-12-13-18-8-4-5-9-19(18)20(16)14-28-22-10-6-7-11-23(22)31-15-21(25(28)30)27-24(29)17(2)26-3/h4-13,17,21,26H,14-15H2,1-3H3,(H,27,29). The first kappa shape index (κ1) is 20.9. The molecule has 3 aromatic carbocycles. The van der Waals surface area contributed by atoms with Gasteiger partial charge in [0.1, 0.15) is 18.4 Å². The Morgan fingerprint density at radius 1 is 1.13 bits per heavy atom. The summed E-state index contributed by atoms with van der Waals surface area (Å²) >= 11 is 0. The van der Waals surface area contributed by atoms with Gasteiger partial charge in [-0.15, -0.1) is 0 Å². The molecule has 1 heterocycles. The van der Waals surface area contributed by atoms with E-state index in [2.05, 4.69) is 41.8 Å². The molecule has 6 nitrogen and oxygen atoms in total. The van der Waals surface area contributed by atoms with Crippen molar-refractivity contribution in [2.24, 2.45) is 0 Å². The summed E-state index contributed by atoms with van der Waals surface area (Å²) in [5.41, 5.74) is 2.90. The molecule has 0 aliphatic carbocycles. The van der Waals surface area contributed by atoms with E-state index >= 15 is 0 Å². The third kappa shape index (κ3) is 4.11. The Kier molecular flexibility index (Phi) is 5.91. The molecule has 0 saturated carbocycles. The second-order valence-electron chi connectivity index (χ2n) is 7.86. The molecule has 2 atom stereocenters. The van der Waals surface area contributed by atoms with E-state index in [9.17, 15) is 9.59 Å². The lowest BCUT2D eigenvalue weighted by Crippen LogP contribution is -2.53. The van der Waals surface area contributed by atoms with Gasteiger partial charge in [-0.2, -0.15) is 0 Å². The van der Waals surface area contributed by atoms with Crippen molar-refractivity contribution >= 4 is 28.3 Å². The Hall–Kier alpha value is -3.38. The van der Waals surface area contributed by atoms with Gasteiger partial charge in [0.05, 0.1) is 18.3 Å². The van der Waals surface area contributed by atoms with Crippen molar-refractivity contribution in [2.75, 3.05) is 18.6 Å². The van der Waals surface area contributed by atoms with Gasteiger partial charge in [0.2, 0.25) is 5.91 Å². The van der Waals surface area contributed by atoms with Gasteiger partial charge in [0.25, 0.3) is 5.91 Å². The number of para-hydroxylation sites is 2. The molecule has 1 aliphatic heterocycles. The van der Waals surface area contributed by atoms with Crippen molar-refractivity contribution in [3.8, 4) is 5.75 Å². The van der Waals surface area contributed by atoms with Crippen LogP contribution in [-0.2, 0) is 16.1 Å². The molecule has 2 N–H and O–H groups in total. The van der Waals surface area contributed by atoms with Gasteiger partial charge < -0.3 is 20.3 Å². The molecule has 0 saturated heterocycles. The van der Waals surface area contributed by atoms with Crippen LogP contribution in [0, 0.1) is 6.92 Å². The lowest BCUT2D eigenvalue weighted by molar-refractivity contribution is -0.129. The van der Waals surface area contributed by atoms with Gasteiger partial charge >= 0.3 is 0 Å². The third-order valence-corrected chi connectivity index (χ3v) is 5.86. The average Bonchev–Trinajstić information content (AvgIpc) is 2.92. The topological polar surface area (TPSA) is 70.7 Å². The minimum atomic E-state index is -0.772. The van der Waals surface area contributed by atoms with E-state index in [1.165, 1.54) is 0 Å². The SMILES string of the molecule is CNC(C)C(=O)NC1COc2ccccc2N(Cc2c(C)ccc3ccccc23)C1=O. The van der Waals surface area contributed by atoms with Crippen molar-refractivity contribution < 1.29 is 14.3 Å². The van der Waals surface area contributed by atoms with Crippen LogP contribution in [0.3, 0.4) is 0 Å². The highest BCUT2D eigenvalue weighted by Gasteiger charge is 2.33. The highest BCUT2D eigenvalue weighted by atomic mass is 16.5. The van der Waals surface area contributed by atoms with Gasteiger partial charge in [0.15, 0.2) is 0 Å². The summed E-state index contributed by atoms with van der Waals surface area (Å²) in [4.78, 5) is 27.8. The van der Waals surface area contributed by atoms with Crippen molar-refractivity contribution in [3.63, 3.8) is 0 Å². The highest BCUT2D eigenvalue weighted by Crippen LogP contribution is 2.34. The number of rotatable bonds is 5. The molecule has 2 amide bonds. The largest absolute Gasteiger partial charge is 0.489 e. The second-order valence-corrected chi connectivity index (χ2v) is 7.86. The number of hydrogen-bond donors (Lipinski definition) is 2. The summed E-state index contributed by atoms with van der Waals surface area (Å²) in [5.74, 6) is 0.206. The zero-order valence-corrected chi connectivity index (χ0v) is 18.0. The third-order valence-electron chi connectivity index (χ3n) is 5.86. The number of nitrogens with zero attached hydrogens (tertiary/aromatic N) is 1. The maximum Gasteiger partial charge on any atom is 0.253 e. The maximum atomic E-state index is 13.6. The Balaban J connectivity index is 1.74. The Morgan fingerprint density at radius 3 is 2.68 bits per heavy atom. The van der Waals surface area contributed by atoms with Crippen LogP contribution in [-0.4, -0.2) is 37.6 Å². The molecule has 0 radical (unpaired) electrons. The molecule has 2 unspecified atom stereocenters. The predicted octanol–water partition coefficient (Wildman–Crippen LogP) is 3.17. The number of nitrogens with one attached hydrogen (secondary N) is 2. The number of ether oxygens (including phenoxy) is 1. The molecule has 6 heteroatoms. The number of benzene rings is 3. The van der Waals surface area contributed by atoms with Gasteiger partial charge in [-0.05, 0) is 54.9 Å². The van der Waals surface area contributed by atoms with Gasteiger partial charge in [0, 0.05) is 0 Å². The minimum absolute atomic E-state index is 0.0863. The number of amides is 2. The van der Waals surface area contributed by atoms with E-state index in [0.717, 1.165) is 21.9 Å². The number of aryl methyl sites for hydroxylation is 1. The molecule has 0 bridgehead atoms. The molecule has 31 heavy (non-hydrogen) atoms. The predicted molar refractivity (Wildman–Crippen MR) is 122 cm³/mol. The van der Waals surface area contributed by atoms with Gasteiger partial charge in [-0.25, -0.2) is 0 Å². The Bertz CT molecular complexity index is 1130. The lowest BCUT2D eigenvalue weighted by Gasteiger charge is -2.27. The van der Waals surface area contributed by atoms with Crippen molar-refractivity contribution in [3.05, 3.63) is 71.8 Å². The van der Waals surface area contributed by atoms with E-state index in [1.807, 2.05) is 36.4 Å². The number of hydrogen-bond acceptors (Lipinski definition) is 4. The molecule has 0 aromatic heterocycles. The first-order valence-electron chi connectivity index (χ1n) is 10.5. The Labute approximate surface area is 182 Å². The first-order chi connectivity index (χ1) is 15.0. The molecule has 1 aliphatic rings. The summed E-state index contributed by atoms with van der Waals surface area (Å²) < 4.78 is 5.93. The molecule has 160 valence electrons. The van der Waals surface area contributed by atoms with E-state index in [1.54, 1.807) is 18.9 Å². The molecular weight excluding hydrogens is 390 g/mol. The normalized spacial score (nSPS) is 16.9. The summed E-state index contributed by atoms with van der Waals surface area (Å²) in [5, 5.41) is 7.99. The Morgan fingerprint density at radius 2 is 1.87 bits per heavy atom. The van der Waals surface area contributed by atoms with Crippen molar-refractivity contribution in [1.29, 1.82) is 0 Å². The smallest absolute Gasteiger partial charge is 0.253 e. The van der Waals surface area contributed by atoms with Crippen LogP contribution in [0.4, 0.5) is 5.69 Å². The van der Waals surface area contributed by atoms with Crippen molar-refractivity contribution in [1.82, 2.24) is 10.6 Å². The first-order valence-corrected chi connectivity index (χ1v) is 10.5. The molecule has 0 spiro atoms. The van der Waals surface area contributed by atoms with E-state index in [-0.39, 0.29) is 18.4 Å². The van der Waals surface area contributed by atoms with Crippen LogP contribution in [0.1, 0.15) is 18.1 Å². The quantitative estimate of drug-likeness (QED) is 0.669. The number of carbonyl (C=O) groups is 2. The summed E-state index contributed by atoms with van der Waals surface area (Å²) in [6.07, 6.45) is 0. The van der Waals surface area contributed by atoms with Gasteiger partial charge in [-0.1, -0.05) is 48.5 Å². The summed E-state index contributed by atoms with van der Waals surface area (Å²) in [7, 11) is 1.71. The molecular formula is C25H27N3O3. The zero-order chi connectivity index (χ0) is 22.0.